The molecule has 0 radical (unpaired) electrons. The summed E-state index contributed by atoms with van der Waals surface area (Å²) in [5.41, 5.74) is 3.21. The number of aryl methyl sites for hydroxylation is 2. The van der Waals surface area contributed by atoms with Gasteiger partial charge in [-0.2, -0.15) is 0 Å². The summed E-state index contributed by atoms with van der Waals surface area (Å²) in [7, 11) is 1.51. The number of fused-ring (bicyclic) bond motifs is 1. The number of hydrogen-bond acceptors (Lipinski definition) is 5. The van der Waals surface area contributed by atoms with Gasteiger partial charge < -0.3 is 19.7 Å². The molecule has 0 aliphatic carbocycles. The second kappa shape index (κ2) is 6.68. The lowest BCUT2D eigenvalue weighted by Gasteiger charge is -2.09. The summed E-state index contributed by atoms with van der Waals surface area (Å²) in [4.78, 5) is 12.6. The number of amides is 1. The Kier molecular flexibility index (Phi) is 4.43. The Bertz CT molecular complexity index is 1020. The van der Waals surface area contributed by atoms with Crippen LogP contribution in [0.25, 0.3) is 11.0 Å². The van der Waals surface area contributed by atoms with Gasteiger partial charge in [-0.05, 0) is 54.4 Å². The molecule has 25 heavy (non-hydrogen) atoms. The summed E-state index contributed by atoms with van der Waals surface area (Å²) in [6.45, 7) is 3.97. The van der Waals surface area contributed by atoms with E-state index in [-0.39, 0.29) is 11.1 Å². The van der Waals surface area contributed by atoms with Crippen molar-refractivity contribution in [1.29, 1.82) is 0 Å². The number of benzene rings is 2. The molecule has 128 valence electrons. The van der Waals surface area contributed by atoms with Crippen molar-refractivity contribution in [2.75, 3.05) is 12.4 Å². The molecule has 0 aliphatic rings. The van der Waals surface area contributed by atoms with E-state index in [4.69, 9.17) is 9.15 Å². The van der Waals surface area contributed by atoms with Crippen molar-refractivity contribution < 1.29 is 19.2 Å². The summed E-state index contributed by atoms with van der Waals surface area (Å²) >= 11 is 0. The molecule has 3 aromatic rings. The number of nitrogens with zero attached hydrogens (tertiary/aromatic N) is 1. The highest BCUT2D eigenvalue weighted by molar-refractivity contribution is 6.05. The van der Waals surface area contributed by atoms with Crippen LogP contribution in [-0.2, 0) is 0 Å². The third-order valence-corrected chi connectivity index (χ3v) is 4.06. The van der Waals surface area contributed by atoms with Gasteiger partial charge >= 0.3 is 0 Å². The van der Waals surface area contributed by atoms with Crippen molar-refractivity contribution in [1.82, 2.24) is 0 Å². The van der Waals surface area contributed by atoms with Crippen molar-refractivity contribution in [2.24, 2.45) is 5.16 Å². The number of methoxy groups -OCH3 is 1. The van der Waals surface area contributed by atoms with Crippen molar-refractivity contribution in [3.8, 4) is 5.75 Å². The lowest BCUT2D eigenvalue weighted by molar-refractivity contribution is 0.102. The molecule has 0 unspecified atom stereocenters. The SMILES string of the molecule is COc1cccc2cc(C(=O)Nc3ccc(C)c(C)c3)c(=NO)oc12. The number of ether oxygens (including phenoxy) is 1. The van der Waals surface area contributed by atoms with Gasteiger partial charge in [-0.25, -0.2) is 0 Å². The number of carbonyl (C=O) groups excluding carboxylic acids is 1. The Hall–Kier alpha value is -3.28. The number of hydrogen-bond donors (Lipinski definition) is 2. The van der Waals surface area contributed by atoms with Crippen LogP contribution in [0.1, 0.15) is 21.5 Å². The van der Waals surface area contributed by atoms with Gasteiger partial charge in [-0.15, -0.1) is 0 Å². The number of rotatable bonds is 3. The van der Waals surface area contributed by atoms with Crippen LogP contribution in [0.2, 0.25) is 0 Å². The fraction of sp³-hybridized carbons (Fsp3) is 0.158. The first-order valence-corrected chi connectivity index (χ1v) is 7.71. The third kappa shape index (κ3) is 3.19. The molecule has 0 spiro atoms. The van der Waals surface area contributed by atoms with Gasteiger partial charge in [-0.3, -0.25) is 4.79 Å². The number of anilines is 1. The molecule has 0 saturated heterocycles. The number of carbonyl (C=O) groups is 1. The maximum absolute atomic E-state index is 12.6. The van der Waals surface area contributed by atoms with E-state index in [1.54, 1.807) is 24.3 Å². The summed E-state index contributed by atoms with van der Waals surface area (Å²) in [6.07, 6.45) is 0. The van der Waals surface area contributed by atoms with E-state index < -0.39 is 5.91 Å². The molecule has 3 rings (SSSR count). The van der Waals surface area contributed by atoms with Crippen LogP contribution in [0, 0.1) is 13.8 Å². The molecule has 1 heterocycles. The van der Waals surface area contributed by atoms with Crippen LogP contribution in [0.4, 0.5) is 5.69 Å². The van der Waals surface area contributed by atoms with Gasteiger partial charge in [0, 0.05) is 11.1 Å². The van der Waals surface area contributed by atoms with E-state index >= 15 is 0 Å². The van der Waals surface area contributed by atoms with E-state index in [1.807, 2.05) is 32.0 Å². The molecule has 1 aromatic heterocycles. The minimum atomic E-state index is -0.426. The summed E-state index contributed by atoms with van der Waals surface area (Å²) in [5, 5.41) is 15.8. The fourth-order valence-corrected chi connectivity index (χ4v) is 2.54. The quantitative estimate of drug-likeness (QED) is 0.564. The predicted octanol–water partition coefficient (Wildman–Crippen LogP) is 3.60. The van der Waals surface area contributed by atoms with E-state index in [9.17, 15) is 10.0 Å². The number of para-hydroxylation sites is 1. The fourth-order valence-electron chi connectivity index (χ4n) is 2.54. The Morgan fingerprint density at radius 3 is 2.64 bits per heavy atom. The Morgan fingerprint density at radius 2 is 1.96 bits per heavy atom. The van der Waals surface area contributed by atoms with Crippen LogP contribution >= 0.6 is 0 Å². The van der Waals surface area contributed by atoms with Gasteiger partial charge in [-0.1, -0.05) is 18.2 Å². The Balaban J connectivity index is 2.05. The topological polar surface area (TPSA) is 84.1 Å². The van der Waals surface area contributed by atoms with Crippen molar-refractivity contribution in [2.45, 2.75) is 13.8 Å². The molecule has 0 atom stereocenters. The zero-order valence-corrected chi connectivity index (χ0v) is 14.2. The molecule has 2 aromatic carbocycles. The van der Waals surface area contributed by atoms with Gasteiger partial charge in [0.05, 0.1) is 7.11 Å². The first-order valence-electron chi connectivity index (χ1n) is 7.71. The molecule has 0 bridgehead atoms. The van der Waals surface area contributed by atoms with Gasteiger partial charge in [0.1, 0.15) is 5.56 Å². The molecule has 6 nitrogen and oxygen atoms in total. The Labute approximate surface area is 144 Å². The van der Waals surface area contributed by atoms with E-state index in [0.717, 1.165) is 11.1 Å². The van der Waals surface area contributed by atoms with Crippen LogP contribution in [0.3, 0.4) is 0 Å². The zero-order chi connectivity index (χ0) is 18.0. The Morgan fingerprint density at radius 1 is 1.16 bits per heavy atom. The molecule has 0 saturated carbocycles. The first-order chi connectivity index (χ1) is 12.0. The largest absolute Gasteiger partial charge is 0.493 e. The maximum Gasteiger partial charge on any atom is 0.268 e. The van der Waals surface area contributed by atoms with E-state index in [1.165, 1.54) is 7.11 Å². The van der Waals surface area contributed by atoms with Crippen LogP contribution in [0.5, 0.6) is 5.75 Å². The highest BCUT2D eigenvalue weighted by atomic mass is 16.5. The van der Waals surface area contributed by atoms with Gasteiger partial charge in [0.15, 0.2) is 11.3 Å². The summed E-state index contributed by atoms with van der Waals surface area (Å²) < 4.78 is 10.8. The van der Waals surface area contributed by atoms with Gasteiger partial charge in [0.2, 0.25) is 0 Å². The standard InChI is InChI=1S/C19H18N2O4/c1-11-7-8-14(9-12(11)2)20-18(22)15-10-13-5-4-6-16(24-3)17(13)25-19(15)21-23/h4-10,23H,1-3H3,(H,20,22). The highest BCUT2D eigenvalue weighted by Gasteiger charge is 2.15. The monoisotopic (exact) mass is 338 g/mol. The van der Waals surface area contributed by atoms with Crippen LogP contribution in [-0.4, -0.2) is 18.2 Å². The van der Waals surface area contributed by atoms with Crippen molar-refractivity contribution >= 4 is 22.6 Å². The number of nitrogens with one attached hydrogen (secondary N) is 1. The van der Waals surface area contributed by atoms with Crippen LogP contribution < -0.4 is 15.6 Å². The smallest absolute Gasteiger partial charge is 0.268 e. The summed E-state index contributed by atoms with van der Waals surface area (Å²) in [6, 6.07) is 12.5. The second-order valence-corrected chi connectivity index (χ2v) is 5.70. The average molecular weight is 338 g/mol. The summed E-state index contributed by atoms with van der Waals surface area (Å²) in [5.74, 6) is 0.0630. The molecular weight excluding hydrogens is 320 g/mol. The second-order valence-electron chi connectivity index (χ2n) is 5.70. The lowest BCUT2D eigenvalue weighted by Crippen LogP contribution is -2.21. The normalized spacial score (nSPS) is 11.6. The lowest BCUT2D eigenvalue weighted by atomic mass is 10.1. The minimum Gasteiger partial charge on any atom is -0.493 e. The van der Waals surface area contributed by atoms with Gasteiger partial charge in [0.25, 0.3) is 11.5 Å². The maximum atomic E-state index is 12.6. The van der Waals surface area contributed by atoms with Crippen LogP contribution in [0.15, 0.2) is 52.0 Å². The third-order valence-electron chi connectivity index (χ3n) is 4.06. The molecule has 6 heteroatoms. The zero-order valence-electron chi connectivity index (χ0n) is 14.2. The highest BCUT2D eigenvalue weighted by Crippen LogP contribution is 2.24. The van der Waals surface area contributed by atoms with E-state index in [0.29, 0.717) is 22.4 Å². The molecule has 1 amide bonds. The molecule has 0 aliphatic heterocycles. The minimum absolute atomic E-state index is 0.126. The molecular formula is C19H18N2O4. The predicted molar refractivity (Wildman–Crippen MR) is 94.0 cm³/mol. The molecule has 2 N–H and O–H groups in total. The average Bonchev–Trinajstić information content (AvgIpc) is 2.63. The van der Waals surface area contributed by atoms with Crippen molar-refractivity contribution in [3.63, 3.8) is 0 Å². The first kappa shape index (κ1) is 16.6. The van der Waals surface area contributed by atoms with Crippen molar-refractivity contribution in [3.05, 3.63) is 64.7 Å². The van der Waals surface area contributed by atoms with E-state index in [2.05, 4.69) is 10.5 Å². The molecule has 0 fully saturated rings.